The molecule has 0 aromatic carbocycles. The third kappa shape index (κ3) is 13.5. The average Bonchev–Trinajstić information content (AvgIpc) is 3.39. The van der Waals surface area contributed by atoms with Crippen LogP contribution in [0.1, 0.15) is 96.8 Å². The Morgan fingerprint density at radius 2 is 1.46 bits per heavy atom. The van der Waals surface area contributed by atoms with Crippen molar-refractivity contribution in [2.45, 2.75) is 114 Å². The molecule has 0 spiro atoms. The molecule has 0 aromatic heterocycles. The van der Waals surface area contributed by atoms with Gasteiger partial charge in [-0.2, -0.15) is 0 Å². The van der Waals surface area contributed by atoms with Crippen molar-refractivity contribution in [1.82, 2.24) is 5.32 Å². The first kappa shape index (κ1) is 24.4. The number of rotatable bonds is 18. The van der Waals surface area contributed by atoms with Crippen LogP contribution in [-0.2, 0) is 9.53 Å². The van der Waals surface area contributed by atoms with Crippen LogP contribution in [0.2, 0.25) is 0 Å². The number of ether oxygens (including phenoxy) is 1. The first-order chi connectivity index (χ1) is 12.7. The maximum Gasteiger partial charge on any atom is 0.220 e. The van der Waals surface area contributed by atoms with E-state index < -0.39 is 0 Å². The minimum absolute atomic E-state index is 0.180. The van der Waals surface area contributed by atoms with Gasteiger partial charge in [0.25, 0.3) is 0 Å². The van der Waals surface area contributed by atoms with Gasteiger partial charge in [-0.15, -0.1) is 0 Å². The molecule has 0 aliphatic carbocycles. The van der Waals surface area contributed by atoms with E-state index in [4.69, 9.17) is 4.74 Å². The van der Waals surface area contributed by atoms with E-state index in [1.54, 1.807) is 0 Å². The highest BCUT2D eigenvalue weighted by Crippen LogP contribution is 2.31. The number of hydrogen-bond donors (Lipinski definition) is 1. The minimum Gasteiger partial charge on any atom is -0.370 e. The highest BCUT2D eigenvalue weighted by atomic mass is 79.9. The van der Waals surface area contributed by atoms with Crippen LogP contribution in [0.4, 0.5) is 0 Å². The lowest BCUT2D eigenvalue weighted by Crippen LogP contribution is -2.29. The van der Waals surface area contributed by atoms with Crippen molar-refractivity contribution in [2.24, 2.45) is 0 Å². The number of unbranched alkanes of at least 4 members (excludes halogenated alkanes) is 9. The van der Waals surface area contributed by atoms with Crippen molar-refractivity contribution >= 4 is 37.8 Å². The molecule has 1 heterocycles. The van der Waals surface area contributed by atoms with Crippen LogP contribution in [0.25, 0.3) is 0 Å². The third-order valence-corrected chi connectivity index (χ3v) is 7.41. The van der Waals surface area contributed by atoms with E-state index in [9.17, 15) is 4.79 Å². The predicted molar refractivity (Wildman–Crippen MR) is 118 cm³/mol. The molecule has 1 amide bonds. The summed E-state index contributed by atoms with van der Waals surface area (Å²) in [5.41, 5.74) is 0. The fourth-order valence-corrected chi connectivity index (χ4v) is 3.73. The lowest BCUT2D eigenvalue weighted by atomic mass is 10.0. The van der Waals surface area contributed by atoms with Gasteiger partial charge in [-0.25, -0.2) is 0 Å². The molecule has 5 heteroatoms. The number of alkyl halides is 2. The highest BCUT2D eigenvalue weighted by Gasteiger charge is 2.36. The zero-order valence-electron chi connectivity index (χ0n) is 16.6. The molecular weight excluding hydrogens is 458 g/mol. The smallest absolute Gasteiger partial charge is 0.220 e. The van der Waals surface area contributed by atoms with Crippen molar-refractivity contribution in [1.29, 1.82) is 0 Å². The van der Waals surface area contributed by atoms with E-state index in [0.29, 0.717) is 30.0 Å². The third-order valence-electron chi connectivity index (χ3n) is 5.11. The average molecular weight is 497 g/mol. The van der Waals surface area contributed by atoms with Gasteiger partial charge in [-0.1, -0.05) is 103 Å². The van der Waals surface area contributed by atoms with Crippen molar-refractivity contribution in [3.8, 4) is 0 Å². The van der Waals surface area contributed by atoms with Gasteiger partial charge in [-0.05, 0) is 19.3 Å². The maximum atomic E-state index is 11.7. The van der Waals surface area contributed by atoms with E-state index in [1.807, 2.05) is 0 Å². The van der Waals surface area contributed by atoms with Gasteiger partial charge in [0, 0.05) is 23.1 Å². The second kappa shape index (κ2) is 16.4. The molecule has 1 fully saturated rings. The summed E-state index contributed by atoms with van der Waals surface area (Å²) < 4.78 is 5.80. The number of halogens is 2. The molecule has 1 N–H and O–H groups in total. The van der Waals surface area contributed by atoms with Gasteiger partial charge in [0.05, 0.1) is 12.2 Å². The van der Waals surface area contributed by atoms with Crippen molar-refractivity contribution in [3.05, 3.63) is 0 Å². The van der Waals surface area contributed by atoms with Crippen LogP contribution in [0.5, 0.6) is 0 Å². The van der Waals surface area contributed by atoms with Gasteiger partial charge in [0.1, 0.15) is 0 Å². The normalized spacial score (nSPS) is 20.1. The van der Waals surface area contributed by atoms with Crippen molar-refractivity contribution in [2.75, 3.05) is 11.9 Å². The predicted octanol–water partition coefficient (Wildman–Crippen LogP) is 6.51. The number of carbonyl (C=O) groups is 1. The van der Waals surface area contributed by atoms with E-state index in [2.05, 4.69) is 44.1 Å². The first-order valence-electron chi connectivity index (χ1n) is 10.8. The van der Waals surface area contributed by atoms with E-state index >= 15 is 0 Å². The van der Waals surface area contributed by atoms with Crippen molar-refractivity contribution < 1.29 is 9.53 Å². The van der Waals surface area contributed by atoms with Crippen LogP contribution in [0.3, 0.4) is 0 Å². The minimum atomic E-state index is 0.180. The second-order valence-electron chi connectivity index (χ2n) is 7.63. The fourth-order valence-electron chi connectivity index (χ4n) is 3.34. The fraction of sp³-hybridized carbons (Fsp3) is 0.952. The molecule has 3 atom stereocenters. The van der Waals surface area contributed by atoms with Crippen LogP contribution >= 0.6 is 31.9 Å². The number of amides is 1. The Hall–Kier alpha value is 0.390. The highest BCUT2D eigenvalue weighted by molar-refractivity contribution is 9.12. The second-order valence-corrected chi connectivity index (χ2v) is 9.57. The monoisotopic (exact) mass is 495 g/mol. The molecule has 1 aliphatic heterocycles. The van der Waals surface area contributed by atoms with E-state index in [-0.39, 0.29) is 5.91 Å². The summed E-state index contributed by atoms with van der Waals surface area (Å²) in [6.45, 7) is 2.97. The van der Waals surface area contributed by atoms with Gasteiger partial charge in [-0.3, -0.25) is 4.79 Å². The summed E-state index contributed by atoms with van der Waals surface area (Å²) >= 11 is 6.88. The zero-order chi connectivity index (χ0) is 19.0. The molecule has 3 nitrogen and oxygen atoms in total. The summed E-state index contributed by atoms with van der Waals surface area (Å²) in [6, 6.07) is 0. The van der Waals surface area contributed by atoms with Crippen LogP contribution < -0.4 is 5.32 Å². The van der Waals surface area contributed by atoms with Gasteiger partial charge in [0.2, 0.25) is 5.91 Å². The lowest BCUT2D eigenvalue weighted by molar-refractivity contribution is -0.121. The molecule has 0 bridgehead atoms. The number of hydrogen-bond acceptors (Lipinski definition) is 2. The summed E-state index contributed by atoms with van der Waals surface area (Å²) in [7, 11) is 0. The van der Waals surface area contributed by atoms with E-state index in [0.717, 1.165) is 18.2 Å². The Labute approximate surface area is 178 Å². The topological polar surface area (TPSA) is 41.6 Å². The summed E-state index contributed by atoms with van der Waals surface area (Å²) in [5, 5.41) is 3.82. The van der Waals surface area contributed by atoms with Crippen LogP contribution in [0.15, 0.2) is 0 Å². The molecule has 3 unspecified atom stereocenters. The molecule has 154 valence electrons. The Morgan fingerprint density at radius 3 is 2.04 bits per heavy atom. The van der Waals surface area contributed by atoms with Gasteiger partial charge < -0.3 is 10.1 Å². The van der Waals surface area contributed by atoms with Crippen LogP contribution in [-0.4, -0.2) is 34.8 Å². The largest absolute Gasteiger partial charge is 0.370 e. The molecule has 1 rings (SSSR count). The lowest BCUT2D eigenvalue weighted by Gasteiger charge is -2.08. The first-order valence-corrected chi connectivity index (χ1v) is 12.8. The summed E-state index contributed by atoms with van der Waals surface area (Å²) in [4.78, 5) is 12.0. The SMILES string of the molecule is CCCCCCCCC1OC1CCCCCCCC(=O)NCC(Br)CBr. The Kier molecular flexibility index (Phi) is 15.4. The molecule has 0 radical (unpaired) electrons. The van der Waals surface area contributed by atoms with Crippen molar-refractivity contribution in [3.63, 3.8) is 0 Å². The van der Waals surface area contributed by atoms with Crippen LogP contribution in [0, 0.1) is 0 Å². The molecule has 0 saturated carbocycles. The molecule has 1 saturated heterocycles. The number of epoxide rings is 1. The Morgan fingerprint density at radius 1 is 0.923 bits per heavy atom. The molecule has 26 heavy (non-hydrogen) atoms. The zero-order valence-corrected chi connectivity index (χ0v) is 19.8. The molecule has 1 aliphatic rings. The van der Waals surface area contributed by atoms with Gasteiger partial charge >= 0.3 is 0 Å². The van der Waals surface area contributed by atoms with Gasteiger partial charge in [0.15, 0.2) is 0 Å². The summed E-state index contributed by atoms with van der Waals surface area (Å²) in [6.07, 6.45) is 18.5. The number of carbonyl (C=O) groups excluding carboxylic acids is 1. The maximum absolute atomic E-state index is 11.7. The number of nitrogens with one attached hydrogen (secondary N) is 1. The Bertz CT molecular complexity index is 355. The summed E-state index contributed by atoms with van der Waals surface area (Å²) in [5.74, 6) is 0.180. The molecular formula is C21H39Br2NO2. The quantitative estimate of drug-likeness (QED) is 0.133. The Balaban J connectivity index is 1.79. The molecule has 0 aromatic rings. The standard InChI is InChI=1S/C21H39Br2NO2/c1-2-3-4-5-7-10-13-19-20(26-19)14-11-8-6-9-12-15-21(25)24-17-18(23)16-22/h18-20H,2-17H2,1H3,(H,24,25). The van der Waals surface area contributed by atoms with E-state index in [1.165, 1.54) is 70.6 Å².